The van der Waals surface area contributed by atoms with Crippen LogP contribution >= 0.6 is 7.82 Å². The van der Waals surface area contributed by atoms with Gasteiger partial charge < -0.3 is 9.05 Å². The van der Waals surface area contributed by atoms with Crippen molar-refractivity contribution in [3.63, 3.8) is 0 Å². The Kier molecular flexibility index (Phi) is 4.56. The fourth-order valence-electron chi connectivity index (χ4n) is 6.08. The number of para-hydroxylation sites is 2. The van der Waals surface area contributed by atoms with Crippen molar-refractivity contribution in [3.05, 3.63) is 60.7 Å². The number of rotatable bonds is 6. The molecule has 4 aliphatic carbocycles. The van der Waals surface area contributed by atoms with Gasteiger partial charge in [0.15, 0.2) is 0 Å². The third-order valence-corrected chi connectivity index (χ3v) is 8.98. The van der Waals surface area contributed by atoms with Gasteiger partial charge in [0.05, 0.1) is 5.60 Å². The zero-order valence-electron chi connectivity index (χ0n) is 17.1. The smallest absolute Gasteiger partial charge is 0.395 e. The van der Waals surface area contributed by atoms with E-state index in [0.717, 1.165) is 12.8 Å². The second-order valence-corrected chi connectivity index (χ2v) is 11.0. The van der Waals surface area contributed by atoms with Gasteiger partial charge in [0.25, 0.3) is 0 Å². The zero-order chi connectivity index (χ0) is 20.1. The van der Waals surface area contributed by atoms with Crippen LogP contribution in [-0.2, 0) is 9.09 Å². The van der Waals surface area contributed by atoms with Crippen LogP contribution in [0.15, 0.2) is 60.7 Å². The van der Waals surface area contributed by atoms with Crippen molar-refractivity contribution in [1.29, 1.82) is 0 Å². The Morgan fingerprint density at radius 1 is 0.793 bits per heavy atom. The number of benzene rings is 2. The van der Waals surface area contributed by atoms with Gasteiger partial charge in [-0.1, -0.05) is 50.2 Å². The highest BCUT2D eigenvalue weighted by Crippen LogP contribution is 2.69. The van der Waals surface area contributed by atoms with Gasteiger partial charge >= 0.3 is 7.82 Å². The summed E-state index contributed by atoms with van der Waals surface area (Å²) < 4.78 is 32.5. The predicted molar refractivity (Wildman–Crippen MR) is 113 cm³/mol. The van der Waals surface area contributed by atoms with Crippen LogP contribution in [0.25, 0.3) is 0 Å². The molecule has 0 amide bonds. The Hall–Kier alpha value is -1.77. The van der Waals surface area contributed by atoms with Gasteiger partial charge in [-0.2, -0.15) is 0 Å². The van der Waals surface area contributed by atoms with Gasteiger partial charge in [-0.3, -0.25) is 4.52 Å². The van der Waals surface area contributed by atoms with E-state index in [0.29, 0.717) is 29.3 Å². The summed E-state index contributed by atoms with van der Waals surface area (Å²) in [6, 6.07) is 18.4. The van der Waals surface area contributed by atoms with Crippen LogP contribution in [0, 0.1) is 23.2 Å². The van der Waals surface area contributed by atoms with Crippen LogP contribution in [0.4, 0.5) is 0 Å². The molecule has 4 nitrogen and oxygen atoms in total. The van der Waals surface area contributed by atoms with Crippen molar-refractivity contribution in [2.45, 2.75) is 51.6 Å². The Balaban J connectivity index is 1.50. The van der Waals surface area contributed by atoms with Crippen LogP contribution in [0.2, 0.25) is 0 Å². The van der Waals surface area contributed by atoms with Crippen molar-refractivity contribution in [3.8, 4) is 11.5 Å². The minimum Gasteiger partial charge on any atom is -0.395 e. The van der Waals surface area contributed by atoms with E-state index in [1.807, 2.05) is 36.4 Å². The number of hydrogen-bond acceptors (Lipinski definition) is 4. The minimum atomic E-state index is -3.89. The topological polar surface area (TPSA) is 44.8 Å². The van der Waals surface area contributed by atoms with Crippen molar-refractivity contribution < 1.29 is 18.1 Å². The van der Waals surface area contributed by atoms with Gasteiger partial charge in [-0.25, -0.2) is 4.57 Å². The van der Waals surface area contributed by atoms with E-state index in [-0.39, 0.29) is 5.41 Å². The lowest BCUT2D eigenvalue weighted by Gasteiger charge is -2.64. The van der Waals surface area contributed by atoms with Gasteiger partial charge in [-0.05, 0) is 79.5 Å². The number of phosphoric acid groups is 1. The normalized spacial score (nSPS) is 32.1. The summed E-state index contributed by atoms with van der Waals surface area (Å²) in [5.74, 6) is 2.91. The summed E-state index contributed by atoms with van der Waals surface area (Å²) in [6.45, 7) is 4.57. The molecular formula is C24H29O4P. The van der Waals surface area contributed by atoms with Gasteiger partial charge in [-0.15, -0.1) is 0 Å². The first kappa shape index (κ1) is 19.2. The summed E-state index contributed by atoms with van der Waals surface area (Å²) in [4.78, 5) is 0. The van der Waals surface area contributed by atoms with Gasteiger partial charge in [0, 0.05) is 0 Å². The number of hydrogen-bond donors (Lipinski definition) is 0. The molecule has 0 aromatic heterocycles. The average molecular weight is 412 g/mol. The van der Waals surface area contributed by atoms with Crippen molar-refractivity contribution in [2.75, 3.05) is 0 Å². The van der Waals surface area contributed by atoms with E-state index in [9.17, 15) is 4.57 Å². The molecule has 2 aromatic rings. The summed E-state index contributed by atoms with van der Waals surface area (Å²) in [6.07, 6.45) is 5.68. The lowest BCUT2D eigenvalue weighted by atomic mass is 9.44. The molecule has 5 heteroatoms. The standard InChI is InChI=1S/C24H29O4P/c1-23(2)20-14-18-13-19(15-20)17-24(23,16-18)28-29(25,26-21-9-5-3-6-10-21)27-22-11-7-4-8-12-22/h3-12,18-20H,13-17H2,1-2H3. The molecule has 154 valence electrons. The first-order chi connectivity index (χ1) is 13.9. The Labute approximate surface area is 173 Å². The van der Waals surface area contributed by atoms with E-state index in [4.69, 9.17) is 13.6 Å². The highest BCUT2D eigenvalue weighted by molar-refractivity contribution is 7.49. The monoisotopic (exact) mass is 412 g/mol. The van der Waals surface area contributed by atoms with E-state index < -0.39 is 13.4 Å². The molecule has 0 radical (unpaired) electrons. The van der Waals surface area contributed by atoms with Gasteiger partial charge in [0.1, 0.15) is 11.5 Å². The largest absolute Gasteiger partial charge is 0.588 e. The van der Waals surface area contributed by atoms with Crippen LogP contribution in [0.1, 0.15) is 46.0 Å². The molecule has 2 unspecified atom stereocenters. The highest BCUT2D eigenvalue weighted by Gasteiger charge is 2.65. The lowest BCUT2D eigenvalue weighted by molar-refractivity contribution is -0.203. The third kappa shape index (κ3) is 3.41. The quantitative estimate of drug-likeness (QED) is 0.486. The molecule has 2 atom stereocenters. The third-order valence-electron chi connectivity index (χ3n) is 7.54. The van der Waals surface area contributed by atoms with Gasteiger partial charge in [0.2, 0.25) is 0 Å². The lowest BCUT2D eigenvalue weighted by Crippen LogP contribution is -2.62. The second kappa shape index (κ2) is 6.89. The maximum Gasteiger partial charge on any atom is 0.588 e. The van der Waals surface area contributed by atoms with Crippen LogP contribution in [-0.4, -0.2) is 5.60 Å². The SMILES string of the molecule is CC1(C)C2CC3CC(C2)CC1(OP(=O)(Oc1ccccc1)Oc1ccccc1)C3. The van der Waals surface area contributed by atoms with Crippen molar-refractivity contribution in [1.82, 2.24) is 0 Å². The maximum absolute atomic E-state index is 14.1. The van der Waals surface area contributed by atoms with Crippen molar-refractivity contribution >= 4 is 7.82 Å². The molecule has 4 bridgehead atoms. The van der Waals surface area contributed by atoms with Crippen LogP contribution in [0.3, 0.4) is 0 Å². The summed E-state index contributed by atoms with van der Waals surface area (Å²) >= 11 is 0. The number of phosphoric ester groups is 1. The highest BCUT2D eigenvalue weighted by atomic mass is 31.2. The van der Waals surface area contributed by atoms with Crippen LogP contribution in [0.5, 0.6) is 11.5 Å². The van der Waals surface area contributed by atoms with Crippen LogP contribution < -0.4 is 9.05 Å². The molecular weight excluding hydrogens is 383 g/mol. The van der Waals surface area contributed by atoms with Crippen molar-refractivity contribution in [2.24, 2.45) is 23.2 Å². The first-order valence-electron chi connectivity index (χ1n) is 10.7. The fraction of sp³-hybridized carbons (Fsp3) is 0.500. The first-order valence-corrected chi connectivity index (χ1v) is 12.1. The molecule has 0 spiro atoms. The van der Waals surface area contributed by atoms with E-state index in [2.05, 4.69) is 13.8 Å². The molecule has 4 aliphatic rings. The molecule has 4 saturated carbocycles. The molecule has 6 rings (SSSR count). The Bertz CT molecular complexity index is 851. The summed E-state index contributed by atoms with van der Waals surface area (Å²) in [5, 5.41) is 0. The Morgan fingerprint density at radius 2 is 1.28 bits per heavy atom. The molecule has 4 fully saturated rings. The molecule has 0 N–H and O–H groups in total. The minimum absolute atomic E-state index is 0.0593. The zero-order valence-corrected chi connectivity index (χ0v) is 18.0. The molecule has 0 saturated heterocycles. The van der Waals surface area contributed by atoms with E-state index in [1.165, 1.54) is 19.3 Å². The maximum atomic E-state index is 14.1. The molecule has 2 aromatic carbocycles. The molecule has 0 heterocycles. The predicted octanol–water partition coefficient (Wildman–Crippen LogP) is 6.87. The summed E-state index contributed by atoms with van der Waals surface area (Å²) in [7, 11) is -3.89. The fourth-order valence-corrected chi connectivity index (χ4v) is 7.77. The second-order valence-electron chi connectivity index (χ2n) is 9.61. The molecule has 0 aliphatic heterocycles. The average Bonchev–Trinajstić information content (AvgIpc) is 2.67. The summed E-state index contributed by atoms with van der Waals surface area (Å²) in [5.41, 5.74) is -0.531. The molecule has 29 heavy (non-hydrogen) atoms. The van der Waals surface area contributed by atoms with E-state index in [1.54, 1.807) is 24.3 Å². The Morgan fingerprint density at radius 3 is 1.76 bits per heavy atom. The van der Waals surface area contributed by atoms with E-state index >= 15 is 0 Å².